The SMILES string of the molecule is O=C(CSc1cc(C(=O)O)ccn1)Nc1cc(Cl)ccc1OCc1ccccc1. The molecule has 0 saturated carbocycles. The molecule has 0 aliphatic carbocycles. The second-order valence-corrected chi connectivity index (χ2v) is 7.37. The molecule has 1 aromatic heterocycles. The molecular formula is C21H17ClN2O4S. The molecule has 1 heterocycles. The first kappa shape index (κ1) is 20.7. The van der Waals surface area contributed by atoms with E-state index in [4.69, 9.17) is 21.4 Å². The summed E-state index contributed by atoms with van der Waals surface area (Å²) in [5.41, 5.74) is 1.58. The van der Waals surface area contributed by atoms with Crippen LogP contribution in [0.15, 0.2) is 71.9 Å². The lowest BCUT2D eigenvalue weighted by molar-refractivity contribution is -0.113. The largest absolute Gasteiger partial charge is 0.487 e. The Morgan fingerprint density at radius 1 is 1.10 bits per heavy atom. The van der Waals surface area contributed by atoms with E-state index >= 15 is 0 Å². The van der Waals surface area contributed by atoms with Crippen molar-refractivity contribution in [3.05, 3.63) is 83.0 Å². The van der Waals surface area contributed by atoms with Gasteiger partial charge >= 0.3 is 5.97 Å². The zero-order valence-corrected chi connectivity index (χ0v) is 16.7. The van der Waals surface area contributed by atoms with Crippen LogP contribution in [-0.2, 0) is 11.4 Å². The van der Waals surface area contributed by atoms with Crippen LogP contribution in [0.1, 0.15) is 15.9 Å². The summed E-state index contributed by atoms with van der Waals surface area (Å²) in [5.74, 6) is -0.773. The monoisotopic (exact) mass is 428 g/mol. The predicted octanol–water partition coefficient (Wildman–Crippen LogP) is 4.74. The fraction of sp³-hybridized carbons (Fsp3) is 0.0952. The van der Waals surface area contributed by atoms with Crippen molar-refractivity contribution in [3.63, 3.8) is 0 Å². The van der Waals surface area contributed by atoms with E-state index in [-0.39, 0.29) is 17.2 Å². The Morgan fingerprint density at radius 3 is 2.66 bits per heavy atom. The van der Waals surface area contributed by atoms with Crippen molar-refractivity contribution in [2.24, 2.45) is 0 Å². The van der Waals surface area contributed by atoms with Gasteiger partial charge in [0.05, 0.1) is 22.0 Å². The molecule has 2 N–H and O–H groups in total. The zero-order chi connectivity index (χ0) is 20.6. The highest BCUT2D eigenvalue weighted by atomic mass is 35.5. The molecule has 3 rings (SSSR count). The number of benzene rings is 2. The lowest BCUT2D eigenvalue weighted by atomic mass is 10.2. The molecule has 0 radical (unpaired) electrons. The van der Waals surface area contributed by atoms with E-state index < -0.39 is 5.97 Å². The number of carboxylic acid groups (broad SMARTS) is 1. The molecule has 1 amide bonds. The third-order valence-corrected chi connectivity index (χ3v) is 4.95. The number of hydrogen-bond donors (Lipinski definition) is 2. The molecule has 0 spiro atoms. The first-order chi connectivity index (χ1) is 14.0. The number of carbonyl (C=O) groups is 2. The van der Waals surface area contributed by atoms with E-state index in [1.54, 1.807) is 18.2 Å². The Bertz CT molecular complexity index is 1010. The number of aromatic carboxylic acids is 1. The molecule has 0 saturated heterocycles. The molecular weight excluding hydrogens is 412 g/mol. The Hall–Kier alpha value is -3.03. The first-order valence-electron chi connectivity index (χ1n) is 8.59. The summed E-state index contributed by atoms with van der Waals surface area (Å²) in [7, 11) is 0. The second kappa shape index (κ2) is 9.95. The van der Waals surface area contributed by atoms with Crippen molar-refractivity contribution in [2.45, 2.75) is 11.6 Å². The number of aromatic nitrogens is 1. The number of carboxylic acids is 1. The Morgan fingerprint density at radius 2 is 1.90 bits per heavy atom. The van der Waals surface area contributed by atoms with Crippen LogP contribution < -0.4 is 10.1 Å². The second-order valence-electron chi connectivity index (χ2n) is 5.94. The van der Waals surface area contributed by atoms with Crippen molar-refractivity contribution in [2.75, 3.05) is 11.1 Å². The highest BCUT2D eigenvalue weighted by Crippen LogP contribution is 2.29. The Balaban J connectivity index is 1.62. The molecule has 0 atom stereocenters. The summed E-state index contributed by atoms with van der Waals surface area (Å²) >= 11 is 7.20. The maximum absolute atomic E-state index is 12.4. The number of anilines is 1. The van der Waals surface area contributed by atoms with Crippen LogP contribution in [-0.4, -0.2) is 27.7 Å². The van der Waals surface area contributed by atoms with Crippen molar-refractivity contribution in [3.8, 4) is 5.75 Å². The normalized spacial score (nSPS) is 10.4. The van der Waals surface area contributed by atoms with Gasteiger partial charge in [0.25, 0.3) is 0 Å². The summed E-state index contributed by atoms with van der Waals surface area (Å²) in [5, 5.41) is 12.7. The van der Waals surface area contributed by atoms with Crippen LogP contribution in [0.5, 0.6) is 5.75 Å². The van der Waals surface area contributed by atoms with E-state index in [9.17, 15) is 9.59 Å². The fourth-order valence-corrected chi connectivity index (χ4v) is 3.28. The number of hydrogen-bond acceptors (Lipinski definition) is 5. The van der Waals surface area contributed by atoms with Crippen LogP contribution in [0.4, 0.5) is 5.69 Å². The standard InChI is InChI=1S/C21H17ClN2O4S/c22-16-6-7-18(28-12-14-4-2-1-3-5-14)17(11-16)24-19(25)13-29-20-10-15(21(26)27)8-9-23-20/h1-11H,12-13H2,(H,24,25)(H,26,27). The van der Waals surface area contributed by atoms with Gasteiger partial charge in [0.2, 0.25) is 5.91 Å². The quantitative estimate of drug-likeness (QED) is 0.503. The fourth-order valence-electron chi connectivity index (χ4n) is 2.41. The highest BCUT2D eigenvalue weighted by molar-refractivity contribution is 7.99. The molecule has 29 heavy (non-hydrogen) atoms. The van der Waals surface area contributed by atoms with E-state index in [0.717, 1.165) is 17.3 Å². The number of amides is 1. The average Bonchev–Trinajstić information content (AvgIpc) is 2.72. The van der Waals surface area contributed by atoms with Gasteiger partial charge in [-0.25, -0.2) is 9.78 Å². The zero-order valence-electron chi connectivity index (χ0n) is 15.2. The topological polar surface area (TPSA) is 88.5 Å². The third-order valence-electron chi connectivity index (χ3n) is 3.79. The molecule has 0 fully saturated rings. The number of ether oxygens (including phenoxy) is 1. The molecule has 0 aliphatic rings. The smallest absolute Gasteiger partial charge is 0.335 e. The van der Waals surface area contributed by atoms with Gasteiger partial charge in [0.15, 0.2) is 0 Å². The maximum atomic E-state index is 12.4. The number of pyridine rings is 1. The lowest BCUT2D eigenvalue weighted by Crippen LogP contribution is -2.15. The summed E-state index contributed by atoms with van der Waals surface area (Å²) in [6, 6.07) is 17.5. The molecule has 2 aromatic carbocycles. The molecule has 8 heteroatoms. The number of rotatable bonds is 8. The van der Waals surface area contributed by atoms with Crippen LogP contribution in [0.3, 0.4) is 0 Å². The van der Waals surface area contributed by atoms with Crippen LogP contribution in [0, 0.1) is 0 Å². The summed E-state index contributed by atoms with van der Waals surface area (Å²) < 4.78 is 5.83. The summed E-state index contributed by atoms with van der Waals surface area (Å²) in [4.78, 5) is 27.5. The maximum Gasteiger partial charge on any atom is 0.335 e. The molecule has 148 valence electrons. The molecule has 0 bridgehead atoms. The number of halogens is 1. The van der Waals surface area contributed by atoms with Crippen molar-refractivity contribution in [1.82, 2.24) is 4.98 Å². The van der Waals surface area contributed by atoms with Crippen LogP contribution >= 0.6 is 23.4 Å². The van der Waals surface area contributed by atoms with Crippen LogP contribution in [0.25, 0.3) is 0 Å². The summed E-state index contributed by atoms with van der Waals surface area (Å²) in [6.07, 6.45) is 1.40. The number of nitrogens with one attached hydrogen (secondary N) is 1. The minimum atomic E-state index is -1.04. The lowest BCUT2D eigenvalue weighted by Gasteiger charge is -2.13. The van der Waals surface area contributed by atoms with Gasteiger partial charge in [-0.15, -0.1) is 0 Å². The van der Waals surface area contributed by atoms with Crippen LogP contribution in [0.2, 0.25) is 5.02 Å². The van der Waals surface area contributed by atoms with Crippen molar-refractivity contribution < 1.29 is 19.4 Å². The Kier molecular flexibility index (Phi) is 7.10. The van der Waals surface area contributed by atoms with Gasteiger partial charge in [-0.1, -0.05) is 53.7 Å². The molecule has 0 aliphatic heterocycles. The first-order valence-corrected chi connectivity index (χ1v) is 9.96. The summed E-state index contributed by atoms with van der Waals surface area (Å²) in [6.45, 7) is 0.353. The minimum absolute atomic E-state index is 0.0563. The highest BCUT2D eigenvalue weighted by Gasteiger charge is 2.11. The average molecular weight is 429 g/mol. The predicted molar refractivity (Wildman–Crippen MR) is 113 cm³/mol. The van der Waals surface area contributed by atoms with Crippen molar-refractivity contribution >= 4 is 40.9 Å². The van der Waals surface area contributed by atoms with Crippen molar-refractivity contribution in [1.29, 1.82) is 0 Å². The van der Waals surface area contributed by atoms with Gasteiger partial charge in [0, 0.05) is 11.2 Å². The van der Waals surface area contributed by atoms with E-state index in [1.165, 1.54) is 18.3 Å². The van der Waals surface area contributed by atoms with Gasteiger partial charge in [-0.3, -0.25) is 4.79 Å². The number of thioether (sulfide) groups is 1. The molecule has 6 nitrogen and oxygen atoms in total. The molecule has 3 aromatic rings. The van der Waals surface area contributed by atoms with E-state index in [2.05, 4.69) is 10.3 Å². The minimum Gasteiger partial charge on any atom is -0.487 e. The van der Waals surface area contributed by atoms with Gasteiger partial charge in [-0.2, -0.15) is 0 Å². The number of nitrogens with zero attached hydrogens (tertiary/aromatic N) is 1. The Labute approximate surface area is 176 Å². The van der Waals surface area contributed by atoms with E-state index in [1.807, 2.05) is 30.3 Å². The number of carbonyl (C=O) groups excluding carboxylic acids is 1. The third kappa shape index (κ3) is 6.23. The van der Waals surface area contributed by atoms with Gasteiger partial charge in [0.1, 0.15) is 12.4 Å². The van der Waals surface area contributed by atoms with E-state index in [0.29, 0.717) is 28.1 Å². The van der Waals surface area contributed by atoms with Gasteiger partial charge < -0.3 is 15.2 Å². The molecule has 0 unspecified atom stereocenters. The van der Waals surface area contributed by atoms with Gasteiger partial charge in [-0.05, 0) is 35.9 Å².